The van der Waals surface area contributed by atoms with Gasteiger partial charge in [0.15, 0.2) is 0 Å². The fraction of sp³-hybridized carbons (Fsp3) is 0.538. The molecule has 0 heterocycles. The summed E-state index contributed by atoms with van der Waals surface area (Å²) in [5.41, 5.74) is 7.35. The molecule has 1 saturated carbocycles. The van der Waals surface area contributed by atoms with E-state index in [1.807, 2.05) is 13.0 Å². The summed E-state index contributed by atoms with van der Waals surface area (Å²) in [7, 11) is -3.51. The molecule has 1 aromatic carbocycles. The Kier molecular flexibility index (Phi) is 3.81. The first kappa shape index (κ1) is 15.0. The maximum absolute atomic E-state index is 12.4. The maximum atomic E-state index is 12.4. The molecule has 2 rings (SSSR count). The summed E-state index contributed by atoms with van der Waals surface area (Å²) >= 11 is 3.36. The minimum atomic E-state index is -3.51. The highest BCUT2D eigenvalue weighted by molar-refractivity contribution is 9.10. The van der Waals surface area contributed by atoms with E-state index in [0.29, 0.717) is 11.0 Å². The highest BCUT2D eigenvalue weighted by Crippen LogP contribution is 2.45. The van der Waals surface area contributed by atoms with E-state index in [2.05, 4.69) is 34.5 Å². The summed E-state index contributed by atoms with van der Waals surface area (Å²) in [6.07, 6.45) is 0.874. The zero-order chi connectivity index (χ0) is 14.4. The lowest BCUT2D eigenvalue weighted by atomic mass is 10.1. The van der Waals surface area contributed by atoms with E-state index >= 15 is 0 Å². The number of benzene rings is 1. The van der Waals surface area contributed by atoms with Crippen molar-refractivity contribution in [1.82, 2.24) is 4.72 Å². The average molecular weight is 347 g/mol. The Morgan fingerprint density at radius 3 is 2.53 bits per heavy atom. The summed E-state index contributed by atoms with van der Waals surface area (Å²) < 4.78 is 28.2. The van der Waals surface area contributed by atoms with Crippen molar-refractivity contribution < 1.29 is 8.42 Å². The zero-order valence-electron chi connectivity index (χ0n) is 11.3. The van der Waals surface area contributed by atoms with Gasteiger partial charge in [0.25, 0.3) is 0 Å². The van der Waals surface area contributed by atoms with Gasteiger partial charge in [-0.3, -0.25) is 0 Å². The lowest BCUT2D eigenvalue weighted by Gasteiger charge is -2.13. The van der Waals surface area contributed by atoms with Crippen LogP contribution in [0.4, 0.5) is 0 Å². The van der Waals surface area contributed by atoms with Crippen LogP contribution in [0, 0.1) is 12.3 Å². The van der Waals surface area contributed by atoms with Crippen LogP contribution in [0.5, 0.6) is 0 Å². The molecular weight excluding hydrogens is 328 g/mol. The van der Waals surface area contributed by atoms with Gasteiger partial charge >= 0.3 is 0 Å². The Hall–Kier alpha value is -0.430. The van der Waals surface area contributed by atoms with E-state index in [4.69, 9.17) is 5.73 Å². The minimum Gasteiger partial charge on any atom is -0.326 e. The first-order valence-corrected chi connectivity index (χ1v) is 8.46. The number of aryl methyl sites for hydroxylation is 1. The highest BCUT2D eigenvalue weighted by atomic mass is 79.9. The second-order valence-corrected chi connectivity index (χ2v) is 8.27. The normalized spacial score (nSPS) is 21.4. The number of nitrogens with two attached hydrogens (primary N) is 1. The molecule has 4 nitrogen and oxygen atoms in total. The molecule has 0 saturated heterocycles. The quantitative estimate of drug-likeness (QED) is 0.878. The van der Waals surface area contributed by atoms with Crippen molar-refractivity contribution in [2.45, 2.75) is 44.7 Å². The Bertz CT molecular complexity index is 611. The molecule has 1 fully saturated rings. The summed E-state index contributed by atoms with van der Waals surface area (Å²) in [6.45, 7) is 6.29. The molecule has 0 aromatic heterocycles. The maximum Gasteiger partial charge on any atom is 0.241 e. The third-order valence-electron chi connectivity index (χ3n) is 3.62. The standard InChI is InChI=1S/C13H19BrN2O2S/c1-8-4-9(7-15)5-10(12(8)14)19(17,18)16-11-6-13(11,2)3/h4-5,11,16H,6-7,15H2,1-3H3. The van der Waals surface area contributed by atoms with Gasteiger partial charge in [0, 0.05) is 17.1 Å². The predicted octanol–water partition coefficient (Wildman–Crippen LogP) is 2.29. The highest BCUT2D eigenvalue weighted by Gasteiger charge is 2.48. The van der Waals surface area contributed by atoms with E-state index in [9.17, 15) is 8.42 Å². The smallest absolute Gasteiger partial charge is 0.241 e. The van der Waals surface area contributed by atoms with Gasteiger partial charge in [-0.15, -0.1) is 0 Å². The first-order chi connectivity index (χ1) is 8.67. The van der Waals surface area contributed by atoms with Crippen LogP contribution in [0.15, 0.2) is 21.5 Å². The van der Waals surface area contributed by atoms with Gasteiger partial charge in [-0.05, 0) is 51.9 Å². The third kappa shape index (κ3) is 3.02. The lowest BCUT2D eigenvalue weighted by Crippen LogP contribution is -2.29. The van der Waals surface area contributed by atoms with Gasteiger partial charge in [0.05, 0.1) is 4.90 Å². The van der Waals surface area contributed by atoms with Crippen molar-refractivity contribution >= 4 is 26.0 Å². The summed E-state index contributed by atoms with van der Waals surface area (Å²) in [4.78, 5) is 0.274. The van der Waals surface area contributed by atoms with Crippen molar-refractivity contribution in [1.29, 1.82) is 0 Å². The van der Waals surface area contributed by atoms with Crippen LogP contribution >= 0.6 is 15.9 Å². The molecule has 6 heteroatoms. The SMILES string of the molecule is Cc1cc(CN)cc(S(=O)(=O)NC2CC2(C)C)c1Br. The Labute approximate surface area is 122 Å². The molecule has 1 aliphatic rings. The number of nitrogens with one attached hydrogen (secondary N) is 1. The van der Waals surface area contributed by atoms with Crippen LogP contribution in [0.25, 0.3) is 0 Å². The summed E-state index contributed by atoms with van der Waals surface area (Å²) in [5.74, 6) is 0. The number of halogens is 1. The van der Waals surface area contributed by atoms with Crippen LogP contribution in [0.1, 0.15) is 31.4 Å². The van der Waals surface area contributed by atoms with Crippen LogP contribution in [-0.4, -0.2) is 14.5 Å². The van der Waals surface area contributed by atoms with Gasteiger partial charge in [-0.25, -0.2) is 13.1 Å². The van der Waals surface area contributed by atoms with Gasteiger partial charge < -0.3 is 5.73 Å². The molecule has 0 bridgehead atoms. The molecule has 0 amide bonds. The number of rotatable bonds is 4. The topological polar surface area (TPSA) is 72.2 Å². The van der Waals surface area contributed by atoms with E-state index in [1.54, 1.807) is 6.07 Å². The molecule has 0 aliphatic heterocycles. The van der Waals surface area contributed by atoms with Crippen LogP contribution in [0.2, 0.25) is 0 Å². The Morgan fingerprint density at radius 2 is 2.05 bits per heavy atom. The average Bonchev–Trinajstić information content (AvgIpc) is 2.88. The van der Waals surface area contributed by atoms with Gasteiger partial charge in [-0.2, -0.15) is 0 Å². The molecular formula is C13H19BrN2O2S. The van der Waals surface area contributed by atoms with Crippen molar-refractivity contribution in [3.8, 4) is 0 Å². The van der Waals surface area contributed by atoms with Crippen molar-refractivity contribution in [2.75, 3.05) is 0 Å². The molecule has 1 unspecified atom stereocenters. The fourth-order valence-electron chi connectivity index (χ4n) is 2.04. The lowest BCUT2D eigenvalue weighted by molar-refractivity contribution is 0.554. The molecule has 106 valence electrons. The van der Waals surface area contributed by atoms with Gasteiger partial charge in [0.1, 0.15) is 0 Å². The number of hydrogen-bond acceptors (Lipinski definition) is 3. The second kappa shape index (κ2) is 4.84. The fourth-order valence-corrected chi connectivity index (χ4v) is 4.52. The van der Waals surface area contributed by atoms with Crippen LogP contribution in [0.3, 0.4) is 0 Å². The zero-order valence-corrected chi connectivity index (χ0v) is 13.7. The van der Waals surface area contributed by atoms with E-state index < -0.39 is 10.0 Å². The first-order valence-electron chi connectivity index (χ1n) is 6.19. The van der Waals surface area contributed by atoms with Gasteiger partial charge in [0.2, 0.25) is 10.0 Å². The van der Waals surface area contributed by atoms with Crippen molar-refractivity contribution in [3.63, 3.8) is 0 Å². The number of sulfonamides is 1. The Morgan fingerprint density at radius 1 is 1.47 bits per heavy atom. The summed E-state index contributed by atoms with van der Waals surface area (Å²) in [5, 5.41) is 0. The van der Waals surface area contributed by atoms with Gasteiger partial charge in [-0.1, -0.05) is 19.9 Å². The monoisotopic (exact) mass is 346 g/mol. The van der Waals surface area contributed by atoms with Crippen LogP contribution in [-0.2, 0) is 16.6 Å². The molecule has 19 heavy (non-hydrogen) atoms. The number of hydrogen-bond donors (Lipinski definition) is 2. The van der Waals surface area contributed by atoms with E-state index in [1.165, 1.54) is 0 Å². The van der Waals surface area contributed by atoms with E-state index in [-0.39, 0.29) is 16.4 Å². The predicted molar refractivity (Wildman–Crippen MR) is 79.3 cm³/mol. The Balaban J connectivity index is 2.37. The second-order valence-electron chi connectivity index (χ2n) is 5.80. The minimum absolute atomic E-state index is 0.0197. The van der Waals surface area contributed by atoms with Crippen molar-refractivity contribution in [2.24, 2.45) is 11.1 Å². The molecule has 0 radical (unpaired) electrons. The third-order valence-corrected chi connectivity index (χ3v) is 6.43. The molecule has 1 aliphatic carbocycles. The summed E-state index contributed by atoms with van der Waals surface area (Å²) in [6, 6.07) is 3.55. The van der Waals surface area contributed by atoms with Crippen molar-refractivity contribution in [3.05, 3.63) is 27.7 Å². The largest absolute Gasteiger partial charge is 0.326 e. The molecule has 0 spiro atoms. The van der Waals surface area contributed by atoms with Crippen LogP contribution < -0.4 is 10.5 Å². The molecule has 1 atom stereocenters. The molecule has 3 N–H and O–H groups in total. The molecule has 1 aromatic rings. The van der Waals surface area contributed by atoms with E-state index in [0.717, 1.165) is 17.5 Å².